The zero-order valence-electron chi connectivity index (χ0n) is 21.2. The first-order valence-corrected chi connectivity index (χ1v) is 12.1. The van der Waals surface area contributed by atoms with E-state index in [-0.39, 0.29) is 16.8 Å². The van der Waals surface area contributed by atoms with Crippen LogP contribution in [0.4, 0.5) is 0 Å². The smallest absolute Gasteiger partial charge is 0.352 e. The molecule has 0 saturated heterocycles. The maximum atomic E-state index is 13.3. The predicted octanol–water partition coefficient (Wildman–Crippen LogP) is 6.33. The topological polar surface area (TPSA) is 108 Å². The van der Waals surface area contributed by atoms with Crippen molar-refractivity contribution in [1.29, 1.82) is 5.26 Å². The molecule has 0 bridgehead atoms. The normalized spacial score (nSPS) is 10.9. The van der Waals surface area contributed by atoms with E-state index in [0.29, 0.717) is 34.8 Å². The summed E-state index contributed by atoms with van der Waals surface area (Å²) in [5.41, 5.74) is 6.06. The SMILES string of the molecule is Cc1ccc(Cn2c(-c3ccc(Oc4ccc5[nH]c(C(=O)O)cc5c4)cc3)cc(C)c(C#N)c2=O)c(C)c1. The lowest BCUT2D eigenvalue weighted by atomic mass is 10.0. The number of aryl methyl sites for hydroxylation is 3. The number of pyridine rings is 1. The molecule has 0 aliphatic rings. The largest absolute Gasteiger partial charge is 0.477 e. The molecule has 2 N–H and O–H groups in total. The zero-order valence-corrected chi connectivity index (χ0v) is 21.2. The second kappa shape index (κ2) is 9.75. The number of H-pyrrole nitrogens is 1. The van der Waals surface area contributed by atoms with E-state index in [1.807, 2.05) is 56.3 Å². The van der Waals surface area contributed by atoms with Gasteiger partial charge >= 0.3 is 5.97 Å². The van der Waals surface area contributed by atoms with Gasteiger partial charge in [-0.15, -0.1) is 0 Å². The van der Waals surface area contributed by atoms with Crippen LogP contribution in [0.3, 0.4) is 0 Å². The predicted molar refractivity (Wildman–Crippen MR) is 146 cm³/mol. The molecular formula is C31H25N3O4. The minimum Gasteiger partial charge on any atom is -0.477 e. The summed E-state index contributed by atoms with van der Waals surface area (Å²) in [4.78, 5) is 27.4. The highest BCUT2D eigenvalue weighted by Crippen LogP contribution is 2.29. The summed E-state index contributed by atoms with van der Waals surface area (Å²) >= 11 is 0. The molecule has 0 unspecified atom stereocenters. The van der Waals surface area contributed by atoms with E-state index >= 15 is 0 Å². The number of benzene rings is 3. The summed E-state index contributed by atoms with van der Waals surface area (Å²) in [7, 11) is 0. The second-order valence-corrected chi connectivity index (χ2v) is 9.38. The first-order valence-electron chi connectivity index (χ1n) is 12.1. The van der Waals surface area contributed by atoms with Gasteiger partial charge < -0.3 is 19.4 Å². The number of rotatable bonds is 6. The van der Waals surface area contributed by atoms with E-state index in [9.17, 15) is 20.0 Å². The van der Waals surface area contributed by atoms with Crippen LogP contribution in [0.15, 0.2) is 77.6 Å². The van der Waals surface area contributed by atoms with Crippen LogP contribution in [0.2, 0.25) is 0 Å². The summed E-state index contributed by atoms with van der Waals surface area (Å²) in [6.45, 7) is 6.17. The molecule has 5 aromatic rings. The molecule has 3 aromatic carbocycles. The van der Waals surface area contributed by atoms with Crippen molar-refractivity contribution in [3.05, 3.63) is 117 Å². The minimum atomic E-state index is -1.02. The van der Waals surface area contributed by atoms with Crippen LogP contribution < -0.4 is 10.3 Å². The molecule has 2 heterocycles. The molecule has 0 spiro atoms. The van der Waals surface area contributed by atoms with Gasteiger partial charge in [0.25, 0.3) is 5.56 Å². The Labute approximate surface area is 219 Å². The Morgan fingerprint density at radius 1 is 0.947 bits per heavy atom. The molecule has 0 aliphatic carbocycles. The van der Waals surface area contributed by atoms with Crippen molar-refractivity contribution < 1.29 is 14.6 Å². The molecular weight excluding hydrogens is 478 g/mol. The van der Waals surface area contributed by atoms with Gasteiger partial charge in [0.1, 0.15) is 28.8 Å². The molecule has 0 saturated carbocycles. The molecule has 5 rings (SSSR count). The van der Waals surface area contributed by atoms with Gasteiger partial charge in [0.15, 0.2) is 0 Å². The lowest BCUT2D eigenvalue weighted by molar-refractivity contribution is 0.0691. The highest BCUT2D eigenvalue weighted by molar-refractivity contribution is 5.94. The average molecular weight is 504 g/mol. The third-order valence-electron chi connectivity index (χ3n) is 6.64. The lowest BCUT2D eigenvalue weighted by Gasteiger charge is -2.17. The number of carboxylic acid groups (broad SMARTS) is 1. The highest BCUT2D eigenvalue weighted by Gasteiger charge is 2.15. The number of nitriles is 1. The Morgan fingerprint density at radius 2 is 1.68 bits per heavy atom. The Kier molecular flexibility index (Phi) is 6.31. The molecule has 7 heteroatoms. The van der Waals surface area contributed by atoms with Crippen LogP contribution in [-0.4, -0.2) is 20.6 Å². The van der Waals surface area contributed by atoms with Crippen molar-refractivity contribution in [3.63, 3.8) is 0 Å². The standard InChI is InChI=1S/C31H25N3O4/c1-18-4-5-22(19(2)12-18)17-34-29(13-20(3)26(16-32)30(34)35)21-6-8-24(9-7-21)38-25-10-11-27-23(14-25)15-28(33-27)31(36)37/h4-15,33H,17H2,1-3H3,(H,36,37). The number of aromatic amines is 1. The summed E-state index contributed by atoms with van der Waals surface area (Å²) in [6.07, 6.45) is 0. The van der Waals surface area contributed by atoms with Crippen LogP contribution in [0.1, 0.15) is 38.3 Å². The fraction of sp³-hybridized carbons (Fsp3) is 0.129. The second-order valence-electron chi connectivity index (χ2n) is 9.38. The van der Waals surface area contributed by atoms with Crippen LogP contribution >= 0.6 is 0 Å². The van der Waals surface area contributed by atoms with Crippen molar-refractivity contribution >= 4 is 16.9 Å². The molecule has 0 aliphatic heterocycles. The number of carbonyl (C=O) groups is 1. The monoisotopic (exact) mass is 503 g/mol. The van der Waals surface area contributed by atoms with Crippen molar-refractivity contribution in [2.45, 2.75) is 27.3 Å². The van der Waals surface area contributed by atoms with Gasteiger partial charge in [-0.25, -0.2) is 4.79 Å². The third kappa shape index (κ3) is 4.67. The van der Waals surface area contributed by atoms with E-state index in [0.717, 1.165) is 27.6 Å². The molecule has 38 heavy (non-hydrogen) atoms. The molecule has 0 atom stereocenters. The first-order chi connectivity index (χ1) is 18.2. The summed E-state index contributed by atoms with van der Waals surface area (Å²) in [5, 5.41) is 19.5. The minimum absolute atomic E-state index is 0.117. The van der Waals surface area contributed by atoms with Gasteiger partial charge in [-0.3, -0.25) is 4.79 Å². The van der Waals surface area contributed by atoms with E-state index in [1.54, 1.807) is 35.8 Å². The Balaban J connectivity index is 1.48. The van der Waals surface area contributed by atoms with E-state index in [1.165, 1.54) is 0 Å². The number of nitrogens with one attached hydrogen (secondary N) is 1. The number of aromatic carboxylic acids is 1. The van der Waals surface area contributed by atoms with Crippen molar-refractivity contribution in [2.24, 2.45) is 0 Å². The van der Waals surface area contributed by atoms with Gasteiger partial charge in [0.05, 0.1) is 12.2 Å². The van der Waals surface area contributed by atoms with Gasteiger partial charge in [0, 0.05) is 10.9 Å². The van der Waals surface area contributed by atoms with E-state index in [4.69, 9.17) is 4.74 Å². The summed E-state index contributed by atoms with van der Waals surface area (Å²) in [5.74, 6) is 0.145. The summed E-state index contributed by atoms with van der Waals surface area (Å²) < 4.78 is 7.66. The number of ether oxygens (including phenoxy) is 1. The van der Waals surface area contributed by atoms with Gasteiger partial charge in [-0.1, -0.05) is 23.8 Å². The molecule has 0 fully saturated rings. The fourth-order valence-electron chi connectivity index (χ4n) is 4.61. The van der Waals surface area contributed by atoms with Gasteiger partial charge in [-0.2, -0.15) is 5.26 Å². The molecule has 0 amide bonds. The van der Waals surface area contributed by atoms with Crippen LogP contribution in [0, 0.1) is 32.1 Å². The number of fused-ring (bicyclic) bond motifs is 1. The highest BCUT2D eigenvalue weighted by atomic mass is 16.5. The van der Waals surface area contributed by atoms with Gasteiger partial charge in [-0.05, 0) is 97.6 Å². The van der Waals surface area contributed by atoms with Crippen LogP contribution in [-0.2, 0) is 6.54 Å². The molecule has 188 valence electrons. The zero-order chi connectivity index (χ0) is 27.0. The lowest BCUT2D eigenvalue weighted by Crippen LogP contribution is -2.26. The van der Waals surface area contributed by atoms with Gasteiger partial charge in [0.2, 0.25) is 0 Å². The van der Waals surface area contributed by atoms with Crippen molar-refractivity contribution in [1.82, 2.24) is 9.55 Å². The number of aromatic nitrogens is 2. The number of hydrogen-bond acceptors (Lipinski definition) is 4. The quantitative estimate of drug-likeness (QED) is 0.281. The maximum Gasteiger partial charge on any atom is 0.352 e. The molecule has 2 aromatic heterocycles. The van der Waals surface area contributed by atoms with Crippen LogP contribution in [0.5, 0.6) is 11.5 Å². The number of carboxylic acids is 1. The number of hydrogen-bond donors (Lipinski definition) is 2. The Hall–Kier alpha value is -5.09. The summed E-state index contributed by atoms with van der Waals surface area (Å²) in [6, 6.07) is 24.3. The Morgan fingerprint density at radius 3 is 2.37 bits per heavy atom. The fourth-order valence-corrected chi connectivity index (χ4v) is 4.61. The van der Waals surface area contributed by atoms with E-state index in [2.05, 4.69) is 17.1 Å². The number of nitrogens with zero attached hydrogens (tertiary/aromatic N) is 2. The van der Waals surface area contributed by atoms with Crippen LogP contribution in [0.25, 0.3) is 22.2 Å². The maximum absolute atomic E-state index is 13.3. The average Bonchev–Trinajstić information content (AvgIpc) is 3.32. The Bertz CT molecular complexity index is 1800. The van der Waals surface area contributed by atoms with Crippen molar-refractivity contribution in [2.75, 3.05) is 0 Å². The molecule has 0 radical (unpaired) electrons. The van der Waals surface area contributed by atoms with E-state index < -0.39 is 5.97 Å². The first kappa shape index (κ1) is 24.6. The third-order valence-corrected chi connectivity index (χ3v) is 6.64. The molecule has 7 nitrogen and oxygen atoms in total. The van der Waals surface area contributed by atoms with Crippen molar-refractivity contribution in [3.8, 4) is 28.8 Å².